The molecule has 0 saturated heterocycles. The Hall–Kier alpha value is -2.81. The number of esters is 1. The first-order chi connectivity index (χ1) is 15.6. The quantitative estimate of drug-likeness (QED) is 0.432. The summed E-state index contributed by atoms with van der Waals surface area (Å²) < 4.78 is 10.7. The number of carbonyl (C=O) groups excluding carboxylic acids is 1. The highest BCUT2D eigenvalue weighted by molar-refractivity contribution is 6.05. The van der Waals surface area contributed by atoms with Crippen molar-refractivity contribution in [2.75, 3.05) is 14.2 Å². The van der Waals surface area contributed by atoms with E-state index in [-0.39, 0.29) is 11.4 Å². The standard InChI is InChI=1S/C29H30O3/c1-31-23-7-9-25(22-6-8-24-21(13-22)4-3-5-26(24)28(30)32-2)27(14-23)29-15-18-10-19(16-29)12-20(11-18)17-29/h3-9,13-14,18-20H,10-12,15-17H2,1-2H3. The van der Waals surface area contributed by atoms with Crippen LogP contribution < -0.4 is 4.74 Å². The number of ether oxygens (including phenoxy) is 2. The van der Waals surface area contributed by atoms with Gasteiger partial charge in [-0.15, -0.1) is 0 Å². The second kappa shape index (κ2) is 7.37. The number of rotatable bonds is 4. The summed E-state index contributed by atoms with van der Waals surface area (Å²) in [4.78, 5) is 12.2. The highest BCUT2D eigenvalue weighted by Crippen LogP contribution is 2.62. The molecule has 4 saturated carbocycles. The third-order valence-electron chi connectivity index (χ3n) is 8.43. The van der Waals surface area contributed by atoms with E-state index in [4.69, 9.17) is 9.47 Å². The fraction of sp³-hybridized carbons (Fsp3) is 0.414. The molecule has 3 aromatic rings. The van der Waals surface area contributed by atoms with Crippen molar-refractivity contribution >= 4 is 16.7 Å². The molecule has 164 valence electrons. The molecule has 0 heterocycles. The van der Waals surface area contributed by atoms with Crippen LogP contribution in [0.25, 0.3) is 21.9 Å². The van der Waals surface area contributed by atoms with E-state index in [9.17, 15) is 4.79 Å². The maximum Gasteiger partial charge on any atom is 0.338 e. The zero-order chi connectivity index (χ0) is 21.9. The summed E-state index contributed by atoms with van der Waals surface area (Å²) in [5, 5.41) is 2.01. The average Bonchev–Trinajstić information content (AvgIpc) is 2.81. The summed E-state index contributed by atoms with van der Waals surface area (Å²) >= 11 is 0. The molecule has 0 aromatic heterocycles. The summed E-state index contributed by atoms with van der Waals surface area (Å²) in [5.41, 5.74) is 4.90. The topological polar surface area (TPSA) is 35.5 Å². The van der Waals surface area contributed by atoms with Crippen molar-refractivity contribution in [1.82, 2.24) is 0 Å². The van der Waals surface area contributed by atoms with Gasteiger partial charge in [-0.05, 0) is 113 Å². The van der Waals surface area contributed by atoms with Gasteiger partial charge in [0.25, 0.3) is 0 Å². The number of hydrogen-bond acceptors (Lipinski definition) is 3. The Bertz CT molecular complexity index is 1170. The normalized spacial score (nSPS) is 28.1. The lowest BCUT2D eigenvalue weighted by Crippen LogP contribution is -2.48. The lowest BCUT2D eigenvalue weighted by Gasteiger charge is -2.57. The van der Waals surface area contributed by atoms with E-state index < -0.39 is 0 Å². The lowest BCUT2D eigenvalue weighted by molar-refractivity contribution is -0.00500. The van der Waals surface area contributed by atoms with E-state index in [0.717, 1.165) is 34.3 Å². The fourth-order valence-corrected chi connectivity index (χ4v) is 7.52. The Morgan fingerprint density at radius 3 is 2.25 bits per heavy atom. The van der Waals surface area contributed by atoms with Gasteiger partial charge >= 0.3 is 5.97 Å². The van der Waals surface area contributed by atoms with E-state index >= 15 is 0 Å². The Morgan fingerprint density at radius 2 is 1.59 bits per heavy atom. The van der Waals surface area contributed by atoms with Gasteiger partial charge in [-0.25, -0.2) is 4.79 Å². The fourth-order valence-electron chi connectivity index (χ4n) is 7.52. The first-order valence-electron chi connectivity index (χ1n) is 11.9. The molecular formula is C29H30O3. The molecule has 4 aliphatic carbocycles. The van der Waals surface area contributed by atoms with Crippen LogP contribution in [0.4, 0.5) is 0 Å². The van der Waals surface area contributed by atoms with Crippen LogP contribution in [0.5, 0.6) is 5.75 Å². The predicted molar refractivity (Wildman–Crippen MR) is 127 cm³/mol. The molecule has 32 heavy (non-hydrogen) atoms. The number of fused-ring (bicyclic) bond motifs is 1. The van der Waals surface area contributed by atoms with Gasteiger partial charge in [0.1, 0.15) is 5.75 Å². The molecule has 0 N–H and O–H groups in total. The van der Waals surface area contributed by atoms with Crippen molar-refractivity contribution in [3.8, 4) is 16.9 Å². The van der Waals surface area contributed by atoms with Crippen LogP contribution in [0.2, 0.25) is 0 Å². The molecule has 3 heteroatoms. The monoisotopic (exact) mass is 426 g/mol. The smallest absolute Gasteiger partial charge is 0.338 e. The Kier molecular flexibility index (Phi) is 4.57. The number of hydrogen-bond donors (Lipinski definition) is 0. The van der Waals surface area contributed by atoms with E-state index in [0.29, 0.717) is 5.56 Å². The molecule has 4 bridgehead atoms. The highest BCUT2D eigenvalue weighted by Gasteiger charge is 2.52. The Morgan fingerprint density at radius 1 is 0.875 bits per heavy atom. The summed E-state index contributed by atoms with van der Waals surface area (Å²) in [6.07, 6.45) is 8.26. The molecule has 0 amide bonds. The summed E-state index contributed by atoms with van der Waals surface area (Å²) in [5.74, 6) is 3.33. The highest BCUT2D eigenvalue weighted by atomic mass is 16.5. The van der Waals surface area contributed by atoms with Crippen LogP contribution in [0.3, 0.4) is 0 Å². The van der Waals surface area contributed by atoms with Gasteiger partial charge in [0.2, 0.25) is 0 Å². The third-order valence-corrected chi connectivity index (χ3v) is 8.43. The van der Waals surface area contributed by atoms with Crippen molar-refractivity contribution in [3.05, 3.63) is 65.7 Å². The van der Waals surface area contributed by atoms with Gasteiger partial charge in [0, 0.05) is 0 Å². The minimum atomic E-state index is -0.290. The second-order valence-electron chi connectivity index (χ2n) is 10.3. The van der Waals surface area contributed by atoms with Crippen LogP contribution in [-0.2, 0) is 10.2 Å². The first kappa shape index (κ1) is 19.8. The number of benzene rings is 3. The van der Waals surface area contributed by atoms with Crippen molar-refractivity contribution in [2.24, 2.45) is 17.8 Å². The summed E-state index contributed by atoms with van der Waals surface area (Å²) in [6.45, 7) is 0. The minimum Gasteiger partial charge on any atom is -0.497 e. The molecular weight excluding hydrogens is 396 g/mol. The van der Waals surface area contributed by atoms with Gasteiger partial charge < -0.3 is 9.47 Å². The van der Waals surface area contributed by atoms with Gasteiger partial charge in [-0.2, -0.15) is 0 Å². The van der Waals surface area contributed by atoms with E-state index in [1.165, 1.54) is 62.3 Å². The van der Waals surface area contributed by atoms with Crippen LogP contribution in [0.1, 0.15) is 54.4 Å². The molecule has 3 nitrogen and oxygen atoms in total. The Balaban J connectivity index is 1.50. The van der Waals surface area contributed by atoms with Gasteiger partial charge in [-0.3, -0.25) is 0 Å². The molecule has 4 aliphatic rings. The predicted octanol–water partition coefficient (Wildman–Crippen LogP) is 6.77. The summed E-state index contributed by atoms with van der Waals surface area (Å²) in [6, 6.07) is 19.0. The molecule has 0 unspecified atom stereocenters. The van der Waals surface area contributed by atoms with Crippen molar-refractivity contribution in [3.63, 3.8) is 0 Å². The largest absolute Gasteiger partial charge is 0.497 e. The van der Waals surface area contributed by atoms with Gasteiger partial charge in [-0.1, -0.05) is 30.3 Å². The number of methoxy groups -OCH3 is 2. The van der Waals surface area contributed by atoms with E-state index in [1.54, 1.807) is 7.11 Å². The second-order valence-corrected chi connectivity index (χ2v) is 10.3. The maximum absolute atomic E-state index is 12.2. The molecule has 4 fully saturated rings. The molecule has 0 atom stereocenters. The van der Waals surface area contributed by atoms with Crippen LogP contribution in [-0.4, -0.2) is 20.2 Å². The average molecular weight is 427 g/mol. The number of carbonyl (C=O) groups is 1. The van der Waals surface area contributed by atoms with Gasteiger partial charge in [0.05, 0.1) is 19.8 Å². The molecule has 0 spiro atoms. The van der Waals surface area contributed by atoms with Gasteiger partial charge in [0.15, 0.2) is 0 Å². The van der Waals surface area contributed by atoms with Crippen molar-refractivity contribution in [1.29, 1.82) is 0 Å². The van der Waals surface area contributed by atoms with Crippen molar-refractivity contribution in [2.45, 2.75) is 43.9 Å². The van der Waals surface area contributed by atoms with E-state index in [2.05, 4.69) is 42.5 Å². The SMILES string of the molecule is COC(=O)c1cccc2cc(-c3ccc(OC)cc3C34CC5CC(CC(C5)C3)C4)ccc12. The molecule has 0 radical (unpaired) electrons. The lowest BCUT2D eigenvalue weighted by atomic mass is 9.47. The third kappa shape index (κ3) is 3.05. The molecule has 7 rings (SSSR count). The zero-order valence-electron chi connectivity index (χ0n) is 18.9. The molecule has 0 aliphatic heterocycles. The summed E-state index contributed by atoms with van der Waals surface area (Å²) in [7, 11) is 3.20. The first-order valence-corrected chi connectivity index (χ1v) is 11.9. The minimum absolute atomic E-state index is 0.279. The van der Waals surface area contributed by atoms with Crippen LogP contribution >= 0.6 is 0 Å². The van der Waals surface area contributed by atoms with Crippen LogP contribution in [0.15, 0.2) is 54.6 Å². The molecule has 3 aromatic carbocycles. The van der Waals surface area contributed by atoms with Crippen molar-refractivity contribution < 1.29 is 14.3 Å². The zero-order valence-corrected chi connectivity index (χ0v) is 18.9. The van der Waals surface area contributed by atoms with Crippen LogP contribution in [0, 0.1) is 17.8 Å². The Labute approximate surface area is 189 Å². The van der Waals surface area contributed by atoms with E-state index in [1.807, 2.05) is 12.1 Å². The maximum atomic E-state index is 12.2.